The number of methoxy groups -OCH3 is 2. The van der Waals surface area contributed by atoms with Crippen LogP contribution in [-0.2, 0) is 5.60 Å². The van der Waals surface area contributed by atoms with Crippen LogP contribution in [0.15, 0.2) is 10.5 Å². The number of halogens is 1. The van der Waals surface area contributed by atoms with Crippen LogP contribution >= 0.6 is 15.9 Å². The van der Waals surface area contributed by atoms with Gasteiger partial charge < -0.3 is 19.7 Å². The number of hydrogen-bond acceptors (Lipinski definition) is 4. The summed E-state index contributed by atoms with van der Waals surface area (Å²) in [4.78, 5) is 0. The summed E-state index contributed by atoms with van der Waals surface area (Å²) >= 11 is 3.22. The Kier molecular flexibility index (Phi) is 2.75. The molecule has 0 aliphatic heterocycles. The van der Waals surface area contributed by atoms with Crippen molar-refractivity contribution in [1.82, 2.24) is 0 Å². The van der Waals surface area contributed by atoms with Crippen LogP contribution in [0.1, 0.15) is 18.4 Å². The van der Waals surface area contributed by atoms with Gasteiger partial charge in [-0.05, 0) is 28.8 Å². The van der Waals surface area contributed by atoms with Crippen LogP contribution in [0.2, 0.25) is 0 Å². The molecule has 0 atom stereocenters. The van der Waals surface area contributed by atoms with E-state index in [0.29, 0.717) is 34.4 Å². The minimum Gasteiger partial charge on any atom is -0.506 e. The third-order valence-electron chi connectivity index (χ3n) is 2.78. The quantitative estimate of drug-likeness (QED) is 0.895. The van der Waals surface area contributed by atoms with E-state index < -0.39 is 5.60 Å². The first-order valence-corrected chi connectivity index (χ1v) is 5.69. The summed E-state index contributed by atoms with van der Waals surface area (Å²) in [7, 11) is 3.00. The molecule has 1 saturated carbocycles. The molecule has 0 amide bonds. The lowest BCUT2D eigenvalue weighted by Crippen LogP contribution is -2.08. The van der Waals surface area contributed by atoms with Crippen LogP contribution in [0, 0.1) is 0 Å². The van der Waals surface area contributed by atoms with Gasteiger partial charge in [0.25, 0.3) is 0 Å². The van der Waals surface area contributed by atoms with E-state index in [0.717, 1.165) is 0 Å². The smallest absolute Gasteiger partial charge is 0.170 e. The van der Waals surface area contributed by atoms with Crippen molar-refractivity contribution in [3.05, 3.63) is 16.1 Å². The second-order valence-corrected chi connectivity index (χ2v) is 4.70. The zero-order valence-corrected chi connectivity index (χ0v) is 10.7. The first-order valence-electron chi connectivity index (χ1n) is 4.90. The number of benzene rings is 1. The molecule has 0 unspecified atom stereocenters. The van der Waals surface area contributed by atoms with E-state index in [2.05, 4.69) is 15.9 Å². The summed E-state index contributed by atoms with van der Waals surface area (Å²) in [6, 6.07) is 1.61. The number of aromatic hydroxyl groups is 1. The topological polar surface area (TPSA) is 58.9 Å². The van der Waals surface area contributed by atoms with Crippen molar-refractivity contribution >= 4 is 15.9 Å². The molecule has 1 aliphatic carbocycles. The van der Waals surface area contributed by atoms with Crippen molar-refractivity contribution in [3.63, 3.8) is 0 Å². The van der Waals surface area contributed by atoms with Crippen LogP contribution < -0.4 is 9.47 Å². The minimum atomic E-state index is -0.980. The van der Waals surface area contributed by atoms with Crippen molar-refractivity contribution in [2.45, 2.75) is 18.4 Å². The average Bonchev–Trinajstić information content (AvgIpc) is 3.00. The maximum atomic E-state index is 10.1. The number of rotatable bonds is 3. The molecule has 1 aliphatic rings. The fourth-order valence-corrected chi connectivity index (χ4v) is 2.16. The summed E-state index contributed by atoms with van der Waals surface area (Å²) < 4.78 is 10.8. The van der Waals surface area contributed by atoms with E-state index in [1.165, 1.54) is 14.2 Å². The van der Waals surface area contributed by atoms with Gasteiger partial charge in [0.15, 0.2) is 11.5 Å². The van der Waals surface area contributed by atoms with E-state index in [4.69, 9.17) is 9.47 Å². The fraction of sp³-hybridized carbons (Fsp3) is 0.455. The van der Waals surface area contributed by atoms with Crippen LogP contribution in [0.3, 0.4) is 0 Å². The monoisotopic (exact) mass is 288 g/mol. The summed E-state index contributed by atoms with van der Waals surface area (Å²) in [5.41, 5.74) is -0.576. The molecular weight excluding hydrogens is 276 g/mol. The summed E-state index contributed by atoms with van der Waals surface area (Å²) in [5.74, 6) is 0.892. The van der Waals surface area contributed by atoms with Crippen LogP contribution in [0.4, 0.5) is 0 Å². The van der Waals surface area contributed by atoms with Crippen molar-refractivity contribution in [1.29, 1.82) is 0 Å². The van der Waals surface area contributed by atoms with Crippen LogP contribution in [0.25, 0.3) is 0 Å². The fourth-order valence-electron chi connectivity index (χ4n) is 1.75. The summed E-state index contributed by atoms with van der Waals surface area (Å²) in [6.07, 6.45) is 1.24. The number of phenols is 1. The largest absolute Gasteiger partial charge is 0.506 e. The highest BCUT2D eigenvalue weighted by atomic mass is 79.9. The van der Waals surface area contributed by atoms with Gasteiger partial charge in [-0.3, -0.25) is 0 Å². The molecule has 0 radical (unpaired) electrons. The van der Waals surface area contributed by atoms with Gasteiger partial charge in [0.1, 0.15) is 5.75 Å². The van der Waals surface area contributed by atoms with E-state index in [1.54, 1.807) is 6.07 Å². The normalized spacial score (nSPS) is 17.0. The standard InChI is InChI=1S/C11H13BrO4/c1-15-7-5-6(12)9(13)8(10(7)16-2)11(14)3-4-11/h5,13-14H,3-4H2,1-2H3. The molecule has 4 nitrogen and oxygen atoms in total. The van der Waals surface area contributed by atoms with Crippen LogP contribution in [-0.4, -0.2) is 24.4 Å². The SMILES string of the molecule is COc1cc(Br)c(O)c(C2(O)CC2)c1OC. The third kappa shape index (κ3) is 1.64. The van der Waals surface area contributed by atoms with E-state index >= 15 is 0 Å². The van der Waals surface area contributed by atoms with Crippen molar-refractivity contribution < 1.29 is 19.7 Å². The molecule has 0 saturated heterocycles. The number of ether oxygens (including phenoxy) is 2. The maximum absolute atomic E-state index is 10.1. The minimum absolute atomic E-state index is 0.0117. The molecule has 1 aromatic rings. The zero-order valence-electron chi connectivity index (χ0n) is 9.08. The zero-order chi connectivity index (χ0) is 11.9. The Bertz CT molecular complexity index is 426. The van der Waals surface area contributed by atoms with Crippen molar-refractivity contribution in [2.24, 2.45) is 0 Å². The highest BCUT2D eigenvalue weighted by Gasteiger charge is 2.47. The first-order chi connectivity index (χ1) is 7.53. The Hall–Kier alpha value is -0.940. The van der Waals surface area contributed by atoms with E-state index in [9.17, 15) is 10.2 Å². The number of hydrogen-bond donors (Lipinski definition) is 2. The molecule has 16 heavy (non-hydrogen) atoms. The van der Waals surface area contributed by atoms with Gasteiger partial charge in [0.05, 0.1) is 29.9 Å². The molecule has 2 rings (SSSR count). The number of aliphatic hydroxyl groups is 1. The Morgan fingerprint density at radius 2 is 1.94 bits per heavy atom. The third-order valence-corrected chi connectivity index (χ3v) is 3.39. The number of phenolic OH excluding ortho intramolecular Hbond substituents is 1. The molecule has 1 aromatic carbocycles. The molecule has 88 valence electrons. The van der Waals surface area contributed by atoms with Gasteiger partial charge in [0.2, 0.25) is 0 Å². The summed E-state index contributed by atoms with van der Waals surface area (Å²) in [5, 5.41) is 20.1. The van der Waals surface area contributed by atoms with Gasteiger partial charge >= 0.3 is 0 Å². The molecule has 0 bridgehead atoms. The van der Waals surface area contributed by atoms with Crippen molar-refractivity contribution in [2.75, 3.05) is 14.2 Å². The van der Waals surface area contributed by atoms with Gasteiger partial charge in [0, 0.05) is 6.07 Å². The molecule has 2 N–H and O–H groups in total. The second kappa shape index (κ2) is 3.82. The van der Waals surface area contributed by atoms with Gasteiger partial charge in [-0.1, -0.05) is 0 Å². The highest BCUT2D eigenvalue weighted by molar-refractivity contribution is 9.10. The molecular formula is C11H13BrO4. The Balaban J connectivity index is 2.67. The van der Waals surface area contributed by atoms with E-state index in [1.807, 2.05) is 0 Å². The maximum Gasteiger partial charge on any atom is 0.170 e. The molecule has 1 fully saturated rings. The molecule has 0 aromatic heterocycles. The predicted octanol–water partition coefficient (Wildman–Crippen LogP) is 2.15. The lowest BCUT2D eigenvalue weighted by molar-refractivity contribution is 0.142. The lowest BCUT2D eigenvalue weighted by Gasteiger charge is -2.18. The molecule has 0 heterocycles. The van der Waals surface area contributed by atoms with Gasteiger partial charge in [-0.15, -0.1) is 0 Å². The Labute approximate surface area is 102 Å². The van der Waals surface area contributed by atoms with E-state index in [-0.39, 0.29) is 5.75 Å². The Morgan fingerprint density at radius 3 is 2.38 bits per heavy atom. The van der Waals surface area contributed by atoms with Gasteiger partial charge in [-0.25, -0.2) is 0 Å². The average molecular weight is 289 g/mol. The first kappa shape index (κ1) is 11.5. The van der Waals surface area contributed by atoms with Crippen LogP contribution in [0.5, 0.6) is 17.2 Å². The lowest BCUT2D eigenvalue weighted by atomic mass is 10.0. The molecule has 0 spiro atoms. The Morgan fingerprint density at radius 1 is 1.31 bits per heavy atom. The predicted molar refractivity (Wildman–Crippen MR) is 62.0 cm³/mol. The van der Waals surface area contributed by atoms with Crippen molar-refractivity contribution in [3.8, 4) is 17.2 Å². The second-order valence-electron chi connectivity index (χ2n) is 3.85. The molecule has 5 heteroatoms. The summed E-state index contributed by atoms with van der Waals surface area (Å²) in [6.45, 7) is 0. The van der Waals surface area contributed by atoms with Gasteiger partial charge in [-0.2, -0.15) is 0 Å². The highest BCUT2D eigenvalue weighted by Crippen LogP contribution is 2.56.